The zero-order valence-corrected chi connectivity index (χ0v) is 20.4. The first-order chi connectivity index (χ1) is 15.5. The molecule has 10 nitrogen and oxygen atoms in total. The lowest BCUT2D eigenvalue weighted by Gasteiger charge is -2.14. The van der Waals surface area contributed by atoms with Crippen molar-refractivity contribution >= 4 is 37.0 Å². The minimum absolute atomic E-state index is 0.0425. The van der Waals surface area contributed by atoms with Gasteiger partial charge in [0.15, 0.2) is 0 Å². The number of sulfonamides is 2. The molecule has 2 aromatic carbocycles. The average molecular weight is 495 g/mol. The van der Waals surface area contributed by atoms with Gasteiger partial charge in [-0.1, -0.05) is 18.2 Å². The number of hydrogen-bond acceptors (Lipinski definition) is 7. The molecule has 1 heterocycles. The van der Waals surface area contributed by atoms with Crippen LogP contribution >= 0.6 is 0 Å². The summed E-state index contributed by atoms with van der Waals surface area (Å²) in [5.41, 5.74) is 1.14. The standard InChI is InChI=1S/C21H26N4O6S2/c1-5-25-19-12-11-17(33(29,30)24(3)4)13-18(19)22-20(25)14-31-21(26)15(2)23-32(27,28)16-9-7-6-8-10-16/h6-13,15,23H,5,14H2,1-4H3/t15-/m0/s1. The molecule has 0 amide bonds. The summed E-state index contributed by atoms with van der Waals surface area (Å²) < 4.78 is 60.2. The summed E-state index contributed by atoms with van der Waals surface area (Å²) in [6.45, 7) is 3.59. The molecule has 1 N–H and O–H groups in total. The Kier molecular flexibility index (Phi) is 7.22. The molecular formula is C21H26N4O6S2. The topological polar surface area (TPSA) is 128 Å². The number of benzene rings is 2. The van der Waals surface area contributed by atoms with Gasteiger partial charge in [0, 0.05) is 20.6 Å². The van der Waals surface area contributed by atoms with Gasteiger partial charge in [0.1, 0.15) is 18.5 Å². The predicted molar refractivity (Wildman–Crippen MR) is 122 cm³/mol. The molecule has 1 aromatic heterocycles. The first-order valence-electron chi connectivity index (χ1n) is 10.1. The quantitative estimate of drug-likeness (QED) is 0.449. The van der Waals surface area contributed by atoms with E-state index in [0.29, 0.717) is 23.4 Å². The number of imidazole rings is 1. The van der Waals surface area contributed by atoms with Gasteiger partial charge in [-0.15, -0.1) is 0 Å². The van der Waals surface area contributed by atoms with Gasteiger partial charge < -0.3 is 9.30 Å². The molecule has 0 aliphatic rings. The number of ether oxygens (including phenoxy) is 1. The largest absolute Gasteiger partial charge is 0.456 e. The Morgan fingerprint density at radius 1 is 1.09 bits per heavy atom. The Labute approximate surface area is 193 Å². The maximum Gasteiger partial charge on any atom is 0.324 e. The Morgan fingerprint density at radius 2 is 1.76 bits per heavy atom. The van der Waals surface area contributed by atoms with E-state index >= 15 is 0 Å². The number of rotatable bonds is 9. The zero-order chi connectivity index (χ0) is 24.4. The summed E-state index contributed by atoms with van der Waals surface area (Å²) in [4.78, 5) is 17.0. The normalized spacial score (nSPS) is 13.4. The maximum absolute atomic E-state index is 12.4. The summed E-state index contributed by atoms with van der Waals surface area (Å²) >= 11 is 0. The SMILES string of the molecule is CCn1c(COC(=O)[C@H](C)NS(=O)(=O)c2ccccc2)nc2cc(S(=O)(=O)N(C)C)ccc21. The number of aryl methyl sites for hydroxylation is 1. The van der Waals surface area contributed by atoms with Crippen LogP contribution in [-0.2, 0) is 42.7 Å². The summed E-state index contributed by atoms with van der Waals surface area (Å²) in [7, 11) is -4.61. The van der Waals surface area contributed by atoms with Crippen molar-refractivity contribution in [2.75, 3.05) is 14.1 Å². The van der Waals surface area contributed by atoms with Crippen molar-refractivity contribution in [1.29, 1.82) is 0 Å². The van der Waals surface area contributed by atoms with Crippen molar-refractivity contribution < 1.29 is 26.4 Å². The molecule has 3 aromatic rings. The van der Waals surface area contributed by atoms with E-state index < -0.39 is 32.1 Å². The molecule has 0 fully saturated rings. The lowest BCUT2D eigenvalue weighted by molar-refractivity contribution is -0.146. The third-order valence-electron chi connectivity index (χ3n) is 4.98. The minimum Gasteiger partial charge on any atom is -0.456 e. The molecule has 0 spiro atoms. The summed E-state index contributed by atoms with van der Waals surface area (Å²) in [5, 5.41) is 0. The smallest absolute Gasteiger partial charge is 0.324 e. The van der Waals surface area contributed by atoms with Crippen molar-refractivity contribution in [2.45, 2.75) is 42.8 Å². The van der Waals surface area contributed by atoms with Crippen molar-refractivity contribution in [3.05, 3.63) is 54.4 Å². The number of carbonyl (C=O) groups is 1. The van der Waals surface area contributed by atoms with Crippen molar-refractivity contribution in [3.63, 3.8) is 0 Å². The van der Waals surface area contributed by atoms with Crippen LogP contribution in [-0.4, -0.2) is 56.8 Å². The minimum atomic E-state index is -3.88. The van der Waals surface area contributed by atoms with Gasteiger partial charge in [-0.2, -0.15) is 4.72 Å². The second-order valence-corrected chi connectivity index (χ2v) is 11.3. The lowest BCUT2D eigenvalue weighted by Crippen LogP contribution is -2.39. The number of nitrogens with one attached hydrogen (secondary N) is 1. The number of esters is 1. The van der Waals surface area contributed by atoms with Crippen molar-refractivity contribution in [2.24, 2.45) is 0 Å². The molecule has 12 heteroatoms. The number of hydrogen-bond donors (Lipinski definition) is 1. The fourth-order valence-electron chi connectivity index (χ4n) is 3.20. The van der Waals surface area contributed by atoms with Crippen LogP contribution in [0.2, 0.25) is 0 Å². The van der Waals surface area contributed by atoms with Gasteiger partial charge in [0.25, 0.3) is 0 Å². The van der Waals surface area contributed by atoms with Gasteiger partial charge in [-0.25, -0.2) is 26.1 Å². The maximum atomic E-state index is 12.4. The van der Waals surface area contributed by atoms with Gasteiger partial charge >= 0.3 is 5.97 Å². The van der Waals surface area contributed by atoms with E-state index in [9.17, 15) is 21.6 Å². The fraction of sp³-hybridized carbons (Fsp3) is 0.333. The summed E-state index contributed by atoms with van der Waals surface area (Å²) in [5.74, 6) is -0.349. The first kappa shape index (κ1) is 24.8. The highest BCUT2D eigenvalue weighted by molar-refractivity contribution is 7.89. The molecule has 0 aliphatic heterocycles. The van der Waals surface area contributed by atoms with Crippen LogP contribution in [0.1, 0.15) is 19.7 Å². The summed E-state index contributed by atoms with van der Waals surface area (Å²) in [6.07, 6.45) is 0. The number of fused-ring (bicyclic) bond motifs is 1. The van der Waals surface area contributed by atoms with E-state index in [-0.39, 0.29) is 16.4 Å². The van der Waals surface area contributed by atoms with E-state index in [1.54, 1.807) is 28.8 Å². The van der Waals surface area contributed by atoms with Gasteiger partial charge in [0.05, 0.1) is 20.8 Å². The number of nitrogens with zero attached hydrogens (tertiary/aromatic N) is 3. The molecule has 0 aliphatic carbocycles. The van der Waals surface area contributed by atoms with Crippen LogP contribution < -0.4 is 4.72 Å². The van der Waals surface area contributed by atoms with E-state index in [0.717, 1.165) is 4.31 Å². The Morgan fingerprint density at radius 3 is 2.36 bits per heavy atom. The second kappa shape index (κ2) is 9.59. The van der Waals surface area contributed by atoms with Gasteiger partial charge in [0.2, 0.25) is 20.0 Å². The molecular weight excluding hydrogens is 468 g/mol. The molecule has 178 valence electrons. The first-order valence-corrected chi connectivity index (χ1v) is 13.1. The molecule has 0 saturated carbocycles. The second-order valence-electron chi connectivity index (χ2n) is 7.47. The Balaban J connectivity index is 1.77. The fourth-order valence-corrected chi connectivity index (χ4v) is 5.34. The molecule has 3 rings (SSSR count). The third kappa shape index (κ3) is 5.24. The Bertz CT molecular complexity index is 1370. The van der Waals surface area contributed by atoms with Crippen molar-refractivity contribution in [3.8, 4) is 0 Å². The number of carbonyl (C=O) groups excluding carboxylic acids is 1. The van der Waals surface area contributed by atoms with Crippen molar-refractivity contribution in [1.82, 2.24) is 18.6 Å². The van der Waals surface area contributed by atoms with E-state index in [2.05, 4.69) is 9.71 Å². The molecule has 0 radical (unpaired) electrons. The third-order valence-corrected chi connectivity index (χ3v) is 8.34. The highest BCUT2D eigenvalue weighted by Gasteiger charge is 2.24. The number of aromatic nitrogens is 2. The highest BCUT2D eigenvalue weighted by atomic mass is 32.2. The highest BCUT2D eigenvalue weighted by Crippen LogP contribution is 2.22. The van der Waals surface area contributed by atoms with E-state index in [1.807, 2.05) is 6.92 Å². The monoisotopic (exact) mass is 494 g/mol. The Hall–Kier alpha value is -2.80. The van der Waals surface area contributed by atoms with Crippen LogP contribution in [0.5, 0.6) is 0 Å². The van der Waals surface area contributed by atoms with Crippen LogP contribution in [0.4, 0.5) is 0 Å². The van der Waals surface area contributed by atoms with Crippen LogP contribution in [0.25, 0.3) is 11.0 Å². The van der Waals surface area contributed by atoms with Crippen LogP contribution in [0.15, 0.2) is 58.3 Å². The molecule has 0 saturated heterocycles. The van der Waals surface area contributed by atoms with Crippen LogP contribution in [0.3, 0.4) is 0 Å². The van der Waals surface area contributed by atoms with E-state index in [1.165, 1.54) is 45.3 Å². The predicted octanol–water partition coefficient (Wildman–Crippen LogP) is 1.72. The van der Waals surface area contributed by atoms with E-state index in [4.69, 9.17) is 4.74 Å². The molecule has 33 heavy (non-hydrogen) atoms. The molecule has 1 atom stereocenters. The zero-order valence-electron chi connectivity index (χ0n) is 18.7. The van der Waals surface area contributed by atoms with Gasteiger partial charge in [-0.05, 0) is 44.2 Å². The molecule has 0 bridgehead atoms. The molecule has 0 unspecified atom stereocenters. The summed E-state index contributed by atoms with van der Waals surface area (Å²) in [6, 6.07) is 11.2. The van der Waals surface area contributed by atoms with Crippen LogP contribution in [0, 0.1) is 0 Å². The average Bonchev–Trinajstić information content (AvgIpc) is 3.14. The lowest BCUT2D eigenvalue weighted by atomic mass is 10.3. The van der Waals surface area contributed by atoms with Gasteiger partial charge in [-0.3, -0.25) is 4.79 Å².